The second-order valence-corrected chi connectivity index (χ2v) is 5.00. The molecule has 0 bridgehead atoms. The topological polar surface area (TPSA) is 67.3 Å². The molecule has 1 aromatic carbocycles. The van der Waals surface area contributed by atoms with Gasteiger partial charge in [-0.05, 0) is 11.6 Å². The summed E-state index contributed by atoms with van der Waals surface area (Å²) in [7, 11) is 0. The third kappa shape index (κ3) is 2.85. The Morgan fingerprint density at radius 1 is 1.37 bits per heavy atom. The van der Waals surface area contributed by atoms with Crippen molar-refractivity contribution in [2.24, 2.45) is 0 Å². The van der Waals surface area contributed by atoms with E-state index in [0.717, 1.165) is 11.3 Å². The molecule has 0 amide bonds. The number of carbonyl (C=O) groups is 2. The lowest BCUT2D eigenvalue weighted by Crippen LogP contribution is -2.03. The Labute approximate surface area is 112 Å². The minimum Gasteiger partial charge on any atom is -0.476 e. The van der Waals surface area contributed by atoms with E-state index in [1.54, 1.807) is 18.2 Å². The maximum atomic E-state index is 13.5. The molecule has 0 aliphatic heterocycles. The van der Waals surface area contributed by atoms with Gasteiger partial charge in [-0.15, -0.1) is 11.3 Å². The van der Waals surface area contributed by atoms with Crippen LogP contribution in [0.5, 0.6) is 0 Å². The SMILES string of the molecule is CC(=O)c1sc(Cc2ccccc2F)nc1C(=O)O. The van der Waals surface area contributed by atoms with E-state index in [-0.39, 0.29) is 28.6 Å². The minimum atomic E-state index is -1.25. The Kier molecular flexibility index (Phi) is 3.71. The van der Waals surface area contributed by atoms with Crippen LogP contribution >= 0.6 is 11.3 Å². The van der Waals surface area contributed by atoms with E-state index in [1.165, 1.54) is 13.0 Å². The molecule has 1 heterocycles. The van der Waals surface area contributed by atoms with Crippen LogP contribution in [0, 0.1) is 5.82 Å². The standard InChI is InChI=1S/C13H10FNO3S/c1-7(16)12-11(13(17)18)15-10(19-12)6-8-4-2-3-5-9(8)14/h2-5H,6H2,1H3,(H,17,18). The first-order valence-corrected chi connectivity index (χ1v) is 6.28. The molecule has 0 saturated heterocycles. The molecule has 0 atom stereocenters. The van der Waals surface area contributed by atoms with Crippen molar-refractivity contribution in [3.63, 3.8) is 0 Å². The molecule has 98 valence electrons. The lowest BCUT2D eigenvalue weighted by Gasteiger charge is -1.98. The maximum absolute atomic E-state index is 13.5. The summed E-state index contributed by atoms with van der Waals surface area (Å²) in [5.41, 5.74) is 0.159. The highest BCUT2D eigenvalue weighted by molar-refractivity contribution is 7.14. The Morgan fingerprint density at radius 3 is 2.58 bits per heavy atom. The largest absolute Gasteiger partial charge is 0.476 e. The van der Waals surface area contributed by atoms with Crippen LogP contribution in [0.15, 0.2) is 24.3 Å². The number of hydrogen-bond acceptors (Lipinski definition) is 4. The van der Waals surface area contributed by atoms with Crippen molar-refractivity contribution in [3.8, 4) is 0 Å². The van der Waals surface area contributed by atoms with Gasteiger partial charge in [-0.25, -0.2) is 14.2 Å². The van der Waals surface area contributed by atoms with Crippen molar-refractivity contribution >= 4 is 23.1 Å². The lowest BCUT2D eigenvalue weighted by atomic mass is 10.1. The molecule has 1 N–H and O–H groups in total. The number of carbonyl (C=O) groups excluding carboxylic acids is 1. The molecule has 0 unspecified atom stereocenters. The maximum Gasteiger partial charge on any atom is 0.356 e. The fraction of sp³-hybridized carbons (Fsp3) is 0.154. The zero-order valence-electron chi connectivity index (χ0n) is 10.0. The Bertz CT molecular complexity index is 620. The van der Waals surface area contributed by atoms with Gasteiger partial charge in [-0.3, -0.25) is 4.79 Å². The first-order chi connectivity index (χ1) is 8.99. The summed E-state index contributed by atoms with van der Waals surface area (Å²) >= 11 is 0.991. The number of nitrogens with zero attached hydrogens (tertiary/aromatic N) is 1. The van der Waals surface area contributed by atoms with Crippen LogP contribution in [0.4, 0.5) is 4.39 Å². The Morgan fingerprint density at radius 2 is 2.05 bits per heavy atom. The molecule has 0 aliphatic carbocycles. The van der Waals surface area contributed by atoms with Crippen molar-refractivity contribution in [2.45, 2.75) is 13.3 Å². The molecule has 0 radical (unpaired) electrons. The molecule has 2 aromatic rings. The van der Waals surface area contributed by atoms with Crippen LogP contribution < -0.4 is 0 Å². The quantitative estimate of drug-likeness (QED) is 0.874. The van der Waals surface area contributed by atoms with Crippen molar-refractivity contribution in [2.75, 3.05) is 0 Å². The van der Waals surface area contributed by atoms with Gasteiger partial charge in [0.05, 0.1) is 5.01 Å². The zero-order chi connectivity index (χ0) is 14.0. The van der Waals surface area contributed by atoms with Gasteiger partial charge >= 0.3 is 5.97 Å². The van der Waals surface area contributed by atoms with E-state index in [1.807, 2.05) is 0 Å². The van der Waals surface area contributed by atoms with Crippen LogP contribution in [0.2, 0.25) is 0 Å². The molecule has 1 aromatic heterocycles. The Hall–Kier alpha value is -2.08. The number of thiazole rings is 1. The second kappa shape index (κ2) is 5.27. The minimum absolute atomic E-state index is 0.0961. The van der Waals surface area contributed by atoms with Gasteiger partial charge in [0.15, 0.2) is 11.5 Å². The lowest BCUT2D eigenvalue weighted by molar-refractivity contribution is 0.0687. The molecular formula is C13H10FNO3S. The number of halogens is 1. The highest BCUT2D eigenvalue weighted by Crippen LogP contribution is 2.22. The molecule has 4 nitrogen and oxygen atoms in total. The van der Waals surface area contributed by atoms with Crippen LogP contribution in [-0.2, 0) is 6.42 Å². The number of carboxylic acid groups (broad SMARTS) is 1. The van der Waals surface area contributed by atoms with Crippen molar-refractivity contribution in [3.05, 3.63) is 51.2 Å². The first kappa shape index (κ1) is 13.4. The highest BCUT2D eigenvalue weighted by atomic mass is 32.1. The van der Waals surface area contributed by atoms with Gasteiger partial charge in [0.25, 0.3) is 0 Å². The van der Waals surface area contributed by atoms with Crippen LogP contribution in [0.25, 0.3) is 0 Å². The van der Waals surface area contributed by atoms with Gasteiger partial charge < -0.3 is 5.11 Å². The number of rotatable bonds is 4. The van der Waals surface area contributed by atoms with E-state index in [4.69, 9.17) is 5.11 Å². The van der Waals surface area contributed by atoms with Crippen LogP contribution in [0.3, 0.4) is 0 Å². The number of Topliss-reactive ketones (excluding diaryl/α,β-unsaturated/α-hetero) is 1. The highest BCUT2D eigenvalue weighted by Gasteiger charge is 2.20. The summed E-state index contributed by atoms with van der Waals surface area (Å²) in [5, 5.41) is 9.38. The summed E-state index contributed by atoms with van der Waals surface area (Å²) in [6.45, 7) is 1.28. The third-order valence-electron chi connectivity index (χ3n) is 2.49. The van der Waals surface area contributed by atoms with Crippen molar-refractivity contribution in [1.29, 1.82) is 0 Å². The van der Waals surface area contributed by atoms with Gasteiger partial charge in [0.1, 0.15) is 10.7 Å². The summed E-state index contributed by atoms with van der Waals surface area (Å²) in [4.78, 5) is 26.3. The predicted molar refractivity (Wildman–Crippen MR) is 68.3 cm³/mol. The van der Waals surface area contributed by atoms with E-state index in [2.05, 4.69) is 4.98 Å². The first-order valence-electron chi connectivity index (χ1n) is 5.46. The number of benzene rings is 1. The number of hydrogen-bond donors (Lipinski definition) is 1. The number of aromatic carboxylic acids is 1. The molecular weight excluding hydrogens is 269 g/mol. The Balaban J connectivity index is 2.37. The number of carboxylic acids is 1. The molecule has 19 heavy (non-hydrogen) atoms. The predicted octanol–water partition coefficient (Wildman–Crippen LogP) is 2.77. The molecule has 0 spiro atoms. The average molecular weight is 279 g/mol. The molecule has 0 aliphatic rings. The summed E-state index contributed by atoms with van der Waals surface area (Å²) in [6, 6.07) is 6.19. The normalized spacial score (nSPS) is 10.4. The summed E-state index contributed by atoms with van der Waals surface area (Å²) in [6.07, 6.45) is 0.172. The van der Waals surface area contributed by atoms with Gasteiger partial charge in [0.2, 0.25) is 0 Å². The van der Waals surface area contributed by atoms with E-state index in [9.17, 15) is 14.0 Å². The fourth-order valence-electron chi connectivity index (χ4n) is 1.63. The van der Waals surface area contributed by atoms with E-state index >= 15 is 0 Å². The molecule has 0 saturated carbocycles. The van der Waals surface area contributed by atoms with Crippen molar-refractivity contribution < 1.29 is 19.1 Å². The number of aromatic nitrogens is 1. The van der Waals surface area contributed by atoms with Crippen LogP contribution in [0.1, 0.15) is 37.7 Å². The fourth-order valence-corrected chi connectivity index (χ4v) is 2.60. The van der Waals surface area contributed by atoms with Gasteiger partial charge in [0, 0.05) is 13.3 Å². The van der Waals surface area contributed by atoms with Crippen LogP contribution in [-0.4, -0.2) is 21.8 Å². The molecule has 2 rings (SSSR count). The smallest absolute Gasteiger partial charge is 0.356 e. The zero-order valence-corrected chi connectivity index (χ0v) is 10.8. The summed E-state index contributed by atoms with van der Waals surface area (Å²) in [5.74, 6) is -1.98. The summed E-state index contributed by atoms with van der Waals surface area (Å²) < 4.78 is 13.5. The van der Waals surface area contributed by atoms with E-state index in [0.29, 0.717) is 10.6 Å². The third-order valence-corrected chi connectivity index (χ3v) is 3.65. The van der Waals surface area contributed by atoms with Gasteiger partial charge in [-0.1, -0.05) is 18.2 Å². The van der Waals surface area contributed by atoms with Gasteiger partial charge in [-0.2, -0.15) is 0 Å². The van der Waals surface area contributed by atoms with Crippen molar-refractivity contribution in [1.82, 2.24) is 4.98 Å². The number of ketones is 1. The molecule has 6 heteroatoms. The average Bonchev–Trinajstić information content (AvgIpc) is 2.76. The molecule has 0 fully saturated rings. The van der Waals surface area contributed by atoms with E-state index < -0.39 is 5.97 Å². The second-order valence-electron chi connectivity index (χ2n) is 3.91. The monoisotopic (exact) mass is 279 g/mol.